The summed E-state index contributed by atoms with van der Waals surface area (Å²) < 4.78 is 0. The number of rotatable bonds is 5. The Labute approximate surface area is 80.4 Å². The van der Waals surface area contributed by atoms with E-state index in [2.05, 4.69) is 20.8 Å². The number of hydrogen-bond donors (Lipinski definition) is 0. The fraction of sp³-hybridized carbons (Fsp3) is 1.00. The van der Waals surface area contributed by atoms with Crippen molar-refractivity contribution in [3.05, 3.63) is 0 Å². The average molecular weight is 217 g/mol. The van der Waals surface area contributed by atoms with Gasteiger partial charge in [0.15, 0.2) is 0 Å². The summed E-state index contributed by atoms with van der Waals surface area (Å²) in [7, 11) is 0. The van der Waals surface area contributed by atoms with E-state index in [1.54, 1.807) is 0 Å². The minimum atomic E-state index is -1.84. The van der Waals surface area contributed by atoms with E-state index in [1.807, 2.05) is 0 Å². The average Bonchev–Trinajstić information content (AvgIpc) is 2.06. The van der Waals surface area contributed by atoms with Crippen molar-refractivity contribution in [2.75, 3.05) is 30.5 Å². The molecule has 0 aromatic carbocycles. The zero-order valence-corrected chi connectivity index (χ0v) is 10.1. The molecule has 0 rings (SSSR count). The summed E-state index contributed by atoms with van der Waals surface area (Å²) in [6.07, 6.45) is 4.44. The molecule has 11 heavy (non-hydrogen) atoms. The second-order valence-corrected chi connectivity index (χ2v) is 12.4. The summed E-state index contributed by atoms with van der Waals surface area (Å²) in [6.45, 7) is 6.60. The third-order valence-corrected chi connectivity index (χ3v) is 12.2. The summed E-state index contributed by atoms with van der Waals surface area (Å²) in [4.78, 5) is 0. The first-order valence-corrected chi connectivity index (χ1v) is 8.74. The zero-order chi connectivity index (χ0) is 8.98. The van der Waals surface area contributed by atoms with Crippen LogP contribution in [-0.2, 0) is 0 Å². The summed E-state index contributed by atoms with van der Waals surface area (Å²) in [5.41, 5.74) is 0. The van der Waals surface area contributed by atoms with Crippen molar-refractivity contribution in [1.82, 2.24) is 0 Å². The van der Waals surface area contributed by atoms with Crippen LogP contribution in [0.15, 0.2) is 0 Å². The van der Waals surface area contributed by atoms with Crippen LogP contribution in [0.4, 0.5) is 0 Å². The molecule has 0 N–H and O–H groups in total. The number of hydrogen-bond acceptors (Lipinski definition) is 0. The Balaban J connectivity index is 4.44. The topological polar surface area (TPSA) is 0 Å². The van der Waals surface area contributed by atoms with Gasteiger partial charge in [0, 0.05) is 0 Å². The van der Waals surface area contributed by atoms with Gasteiger partial charge in [-0.2, -0.15) is 0 Å². The van der Waals surface area contributed by atoms with E-state index in [0.29, 0.717) is 0 Å². The quantitative estimate of drug-likeness (QED) is 0.482. The Morgan fingerprint density at radius 3 is 1.45 bits per heavy atom. The molecule has 0 amide bonds. The van der Waals surface area contributed by atoms with Crippen molar-refractivity contribution < 1.29 is 0 Å². The second-order valence-electron chi connectivity index (χ2n) is 3.18. The van der Waals surface area contributed by atoms with E-state index >= 15 is 0 Å². The van der Waals surface area contributed by atoms with Crippen molar-refractivity contribution in [1.29, 1.82) is 0 Å². The van der Waals surface area contributed by atoms with Gasteiger partial charge in [-0.3, -0.25) is 0 Å². The van der Waals surface area contributed by atoms with E-state index < -0.39 is 5.96 Å². The van der Waals surface area contributed by atoms with Gasteiger partial charge in [0.1, 0.15) is 0 Å². The third-order valence-electron chi connectivity index (χ3n) is 3.01. The van der Waals surface area contributed by atoms with E-state index in [1.165, 1.54) is 0 Å². The van der Waals surface area contributed by atoms with Gasteiger partial charge in [0.2, 0.25) is 0 Å². The molecule has 0 unspecified atom stereocenters. The van der Waals surface area contributed by atoms with Crippen LogP contribution in [0, 0.1) is 0 Å². The molecule has 0 aromatic heterocycles. The van der Waals surface area contributed by atoms with Gasteiger partial charge in [-0.1, -0.05) is 0 Å². The SMILES string of the molecule is CCP(Cl)(CC)(CC)CCCl. The van der Waals surface area contributed by atoms with Crippen LogP contribution in [-0.4, -0.2) is 30.5 Å². The molecule has 0 fully saturated rings. The van der Waals surface area contributed by atoms with Crippen LogP contribution in [0.2, 0.25) is 0 Å². The van der Waals surface area contributed by atoms with Crippen LogP contribution < -0.4 is 0 Å². The van der Waals surface area contributed by atoms with E-state index in [-0.39, 0.29) is 0 Å². The van der Waals surface area contributed by atoms with Gasteiger partial charge in [-0.25, -0.2) is 0 Å². The van der Waals surface area contributed by atoms with Gasteiger partial charge in [-0.15, -0.1) is 0 Å². The Morgan fingerprint density at radius 2 is 1.36 bits per heavy atom. The van der Waals surface area contributed by atoms with E-state index in [9.17, 15) is 0 Å². The molecule has 0 bridgehead atoms. The molecule has 3 heteroatoms. The minimum absolute atomic E-state index is 0.719. The van der Waals surface area contributed by atoms with Crippen molar-refractivity contribution in [2.45, 2.75) is 20.8 Å². The van der Waals surface area contributed by atoms with Crippen LogP contribution in [0.3, 0.4) is 0 Å². The maximum atomic E-state index is 6.70. The molecule has 0 aliphatic heterocycles. The van der Waals surface area contributed by atoms with Crippen molar-refractivity contribution in [3.63, 3.8) is 0 Å². The van der Waals surface area contributed by atoms with Gasteiger partial charge >= 0.3 is 80.1 Å². The van der Waals surface area contributed by atoms with Crippen LogP contribution in [0.1, 0.15) is 20.8 Å². The first-order chi connectivity index (χ1) is 5.04. The molecule has 70 valence electrons. The fourth-order valence-corrected chi connectivity index (χ4v) is 5.91. The Morgan fingerprint density at radius 1 is 1.00 bits per heavy atom. The van der Waals surface area contributed by atoms with Crippen LogP contribution >= 0.6 is 28.8 Å². The fourth-order valence-electron chi connectivity index (χ4n) is 1.36. The van der Waals surface area contributed by atoms with E-state index in [0.717, 1.165) is 30.5 Å². The Kier molecular flexibility index (Phi) is 4.70. The Bertz CT molecular complexity index is 110. The molecule has 0 aliphatic carbocycles. The molecule has 0 radical (unpaired) electrons. The molecule has 0 nitrogen and oxygen atoms in total. The Hall–Kier alpha value is 1.01. The molecule has 0 saturated carbocycles. The van der Waals surface area contributed by atoms with Gasteiger partial charge in [0.05, 0.1) is 0 Å². The van der Waals surface area contributed by atoms with Crippen LogP contribution in [0.5, 0.6) is 0 Å². The van der Waals surface area contributed by atoms with Crippen molar-refractivity contribution in [2.24, 2.45) is 0 Å². The van der Waals surface area contributed by atoms with Gasteiger partial charge in [-0.05, 0) is 0 Å². The first kappa shape index (κ1) is 12.0. The van der Waals surface area contributed by atoms with E-state index in [4.69, 9.17) is 22.8 Å². The summed E-state index contributed by atoms with van der Waals surface area (Å²) in [5, 5.41) is 0. The monoisotopic (exact) mass is 216 g/mol. The number of alkyl halides is 1. The summed E-state index contributed by atoms with van der Waals surface area (Å²) in [5.74, 6) is -1.12. The second kappa shape index (κ2) is 4.30. The van der Waals surface area contributed by atoms with Crippen molar-refractivity contribution in [3.8, 4) is 0 Å². The molecular formula is C8H19Cl2P. The molecule has 0 saturated heterocycles. The predicted octanol–water partition coefficient (Wildman–Crippen LogP) is 3.99. The summed E-state index contributed by atoms with van der Waals surface area (Å²) >= 11 is 12.5. The normalized spacial score (nSPS) is 15.9. The first-order valence-electron chi connectivity index (χ1n) is 4.32. The number of halogens is 2. The predicted molar refractivity (Wildman–Crippen MR) is 60.0 cm³/mol. The molecule has 0 aromatic rings. The van der Waals surface area contributed by atoms with Gasteiger partial charge < -0.3 is 0 Å². The molecule has 0 heterocycles. The standard InChI is InChI=1S/C8H19Cl2P/c1-4-11(10,5-2,6-3)8-7-9/h4-8H2,1-3H3. The zero-order valence-electron chi connectivity index (χ0n) is 7.74. The van der Waals surface area contributed by atoms with Crippen molar-refractivity contribution >= 4 is 28.8 Å². The van der Waals surface area contributed by atoms with Crippen LogP contribution in [0.25, 0.3) is 0 Å². The molecular weight excluding hydrogens is 198 g/mol. The molecule has 0 spiro atoms. The molecule has 0 atom stereocenters. The van der Waals surface area contributed by atoms with Gasteiger partial charge in [0.25, 0.3) is 0 Å². The third kappa shape index (κ3) is 2.76. The summed E-state index contributed by atoms with van der Waals surface area (Å²) in [6, 6.07) is 0. The maximum absolute atomic E-state index is 6.70. The molecule has 0 aliphatic rings.